The number of hydrogen-bond acceptors (Lipinski definition) is 4. The Balaban J connectivity index is 2.28. The predicted octanol–water partition coefficient (Wildman–Crippen LogP) is 1.62. The van der Waals surface area contributed by atoms with E-state index in [4.69, 9.17) is 15.9 Å². The first kappa shape index (κ1) is 13.9. The van der Waals surface area contributed by atoms with Gasteiger partial charge in [-0.3, -0.25) is 5.41 Å². The summed E-state index contributed by atoms with van der Waals surface area (Å²) in [5.41, 5.74) is 6.39. The van der Waals surface area contributed by atoms with Gasteiger partial charge in [-0.05, 0) is 17.7 Å². The molecule has 1 rings (SSSR count). The zero-order valence-electron chi connectivity index (χ0n) is 9.85. The lowest BCUT2D eigenvalue weighted by Crippen LogP contribution is -2.21. The van der Waals surface area contributed by atoms with E-state index in [0.717, 1.165) is 11.5 Å². The Labute approximate surface area is 106 Å². The average Bonchev–Trinajstić information content (AvgIpc) is 2.29. The number of hydrogen-bond donors (Lipinski definition) is 3. The molecule has 1 aromatic rings. The van der Waals surface area contributed by atoms with Crippen LogP contribution in [0.4, 0.5) is 0 Å². The van der Waals surface area contributed by atoms with Crippen molar-refractivity contribution >= 4 is 17.6 Å². The van der Waals surface area contributed by atoms with Gasteiger partial charge < -0.3 is 15.6 Å². The van der Waals surface area contributed by atoms with Crippen molar-refractivity contribution in [1.29, 1.82) is 5.41 Å². The summed E-state index contributed by atoms with van der Waals surface area (Å²) in [7, 11) is 1.64. The van der Waals surface area contributed by atoms with Crippen molar-refractivity contribution in [3.63, 3.8) is 0 Å². The molecule has 0 heterocycles. The zero-order chi connectivity index (χ0) is 12.7. The topological polar surface area (TPSA) is 79.3 Å². The maximum absolute atomic E-state index is 9.52. The van der Waals surface area contributed by atoms with Crippen LogP contribution in [-0.4, -0.2) is 29.9 Å². The summed E-state index contributed by atoms with van der Waals surface area (Å²) in [6.45, 7) is 0. The third-order valence-corrected chi connectivity index (χ3v) is 3.35. The number of benzene rings is 1. The second kappa shape index (κ2) is 7.19. The molecule has 1 atom stereocenters. The minimum atomic E-state index is -0.532. The Kier molecular flexibility index (Phi) is 5.86. The second-order valence-corrected chi connectivity index (χ2v) is 4.78. The standard InChI is InChI=1S/C12H18N2O2S/c1-16-11-4-2-9(3-5-11)7-17-8-10(15)6-12(13)14/h2-5,10,15H,6-8H2,1H3,(H3,13,14). The van der Waals surface area contributed by atoms with Gasteiger partial charge in [-0.1, -0.05) is 12.1 Å². The fraction of sp³-hybridized carbons (Fsp3) is 0.417. The van der Waals surface area contributed by atoms with Gasteiger partial charge in [-0.15, -0.1) is 0 Å². The zero-order valence-corrected chi connectivity index (χ0v) is 10.7. The lowest BCUT2D eigenvalue weighted by Gasteiger charge is -2.09. The van der Waals surface area contributed by atoms with Gasteiger partial charge in [-0.2, -0.15) is 11.8 Å². The number of aliphatic hydroxyl groups excluding tert-OH is 1. The van der Waals surface area contributed by atoms with Crippen LogP contribution in [0.15, 0.2) is 24.3 Å². The Hall–Kier alpha value is -1.20. The van der Waals surface area contributed by atoms with Gasteiger partial charge in [0.1, 0.15) is 5.75 Å². The third kappa shape index (κ3) is 5.60. The fourth-order valence-electron chi connectivity index (χ4n) is 1.35. The maximum atomic E-state index is 9.52. The van der Waals surface area contributed by atoms with Crippen molar-refractivity contribution in [3.05, 3.63) is 29.8 Å². The molecule has 0 amide bonds. The summed E-state index contributed by atoms with van der Waals surface area (Å²) in [6.07, 6.45) is -0.286. The number of nitrogens with two attached hydrogens (primary N) is 1. The molecule has 0 saturated heterocycles. The lowest BCUT2D eigenvalue weighted by atomic mass is 10.2. The molecule has 0 aliphatic heterocycles. The van der Waals surface area contributed by atoms with Gasteiger partial charge in [-0.25, -0.2) is 0 Å². The molecule has 0 bridgehead atoms. The van der Waals surface area contributed by atoms with Gasteiger partial charge in [0.2, 0.25) is 0 Å². The maximum Gasteiger partial charge on any atom is 0.118 e. The largest absolute Gasteiger partial charge is 0.497 e. The summed E-state index contributed by atoms with van der Waals surface area (Å²) in [4.78, 5) is 0. The molecule has 0 fully saturated rings. The van der Waals surface area contributed by atoms with Crippen LogP contribution in [0.3, 0.4) is 0 Å². The Morgan fingerprint density at radius 1 is 1.47 bits per heavy atom. The van der Waals surface area contributed by atoms with E-state index in [-0.39, 0.29) is 12.3 Å². The Bertz CT molecular complexity index is 354. The number of nitrogens with one attached hydrogen (secondary N) is 1. The number of rotatable bonds is 7. The lowest BCUT2D eigenvalue weighted by molar-refractivity contribution is 0.207. The van der Waals surface area contributed by atoms with E-state index in [1.807, 2.05) is 24.3 Å². The molecule has 0 radical (unpaired) electrons. The molecule has 0 saturated carbocycles. The summed E-state index contributed by atoms with van der Waals surface area (Å²) in [6, 6.07) is 7.84. The minimum absolute atomic E-state index is 0.0301. The molecule has 0 aliphatic carbocycles. The van der Waals surface area contributed by atoms with E-state index in [0.29, 0.717) is 5.75 Å². The molecule has 17 heavy (non-hydrogen) atoms. The highest BCUT2D eigenvalue weighted by Crippen LogP contribution is 2.17. The summed E-state index contributed by atoms with van der Waals surface area (Å²) < 4.78 is 5.07. The van der Waals surface area contributed by atoms with E-state index in [9.17, 15) is 5.11 Å². The molecule has 0 aromatic heterocycles. The molecule has 1 aromatic carbocycles. The fourth-order valence-corrected chi connectivity index (χ4v) is 2.28. The highest BCUT2D eigenvalue weighted by atomic mass is 32.2. The first-order valence-electron chi connectivity index (χ1n) is 5.33. The summed E-state index contributed by atoms with van der Waals surface area (Å²) >= 11 is 1.63. The highest BCUT2D eigenvalue weighted by molar-refractivity contribution is 7.98. The first-order valence-corrected chi connectivity index (χ1v) is 6.49. The van der Waals surface area contributed by atoms with Crippen LogP contribution >= 0.6 is 11.8 Å². The molecule has 4 nitrogen and oxygen atoms in total. The van der Waals surface area contributed by atoms with Crippen molar-refractivity contribution in [2.24, 2.45) is 5.73 Å². The predicted molar refractivity (Wildman–Crippen MR) is 71.7 cm³/mol. The van der Waals surface area contributed by atoms with Gasteiger partial charge in [0.05, 0.1) is 19.0 Å². The van der Waals surface area contributed by atoms with Crippen LogP contribution in [0, 0.1) is 5.41 Å². The number of thioether (sulfide) groups is 1. The summed E-state index contributed by atoms with van der Waals surface area (Å²) in [5, 5.41) is 16.6. The molecule has 0 aliphatic rings. The summed E-state index contributed by atoms with van der Waals surface area (Å²) in [5.74, 6) is 2.29. The number of aliphatic hydroxyl groups is 1. The van der Waals surface area contributed by atoms with E-state index >= 15 is 0 Å². The normalized spacial score (nSPS) is 12.1. The van der Waals surface area contributed by atoms with Crippen molar-refractivity contribution in [1.82, 2.24) is 0 Å². The van der Waals surface area contributed by atoms with Crippen molar-refractivity contribution in [2.75, 3.05) is 12.9 Å². The number of ether oxygens (including phenoxy) is 1. The Morgan fingerprint density at radius 3 is 2.65 bits per heavy atom. The SMILES string of the molecule is COc1ccc(CSCC(O)CC(=N)N)cc1. The van der Waals surface area contributed by atoms with E-state index in [1.54, 1.807) is 18.9 Å². The number of methoxy groups -OCH3 is 1. The van der Waals surface area contributed by atoms with E-state index < -0.39 is 6.10 Å². The molecular formula is C12H18N2O2S. The Morgan fingerprint density at radius 2 is 2.12 bits per heavy atom. The van der Waals surface area contributed by atoms with Crippen LogP contribution < -0.4 is 10.5 Å². The molecule has 5 heteroatoms. The van der Waals surface area contributed by atoms with Crippen LogP contribution in [0.2, 0.25) is 0 Å². The highest BCUT2D eigenvalue weighted by Gasteiger charge is 2.05. The second-order valence-electron chi connectivity index (χ2n) is 3.75. The minimum Gasteiger partial charge on any atom is -0.497 e. The quantitative estimate of drug-likeness (QED) is 0.510. The molecule has 0 spiro atoms. The van der Waals surface area contributed by atoms with Crippen LogP contribution in [-0.2, 0) is 5.75 Å². The molecule has 4 N–H and O–H groups in total. The monoisotopic (exact) mass is 254 g/mol. The number of amidine groups is 1. The van der Waals surface area contributed by atoms with Crippen LogP contribution in [0.25, 0.3) is 0 Å². The molecular weight excluding hydrogens is 236 g/mol. The van der Waals surface area contributed by atoms with Gasteiger partial charge in [0, 0.05) is 17.9 Å². The van der Waals surface area contributed by atoms with E-state index in [1.165, 1.54) is 5.56 Å². The molecule has 1 unspecified atom stereocenters. The van der Waals surface area contributed by atoms with Crippen molar-refractivity contribution in [3.8, 4) is 5.75 Å². The van der Waals surface area contributed by atoms with Gasteiger partial charge >= 0.3 is 0 Å². The van der Waals surface area contributed by atoms with Crippen LogP contribution in [0.1, 0.15) is 12.0 Å². The molecule has 94 valence electrons. The van der Waals surface area contributed by atoms with Gasteiger partial charge in [0.15, 0.2) is 0 Å². The van der Waals surface area contributed by atoms with Crippen LogP contribution in [0.5, 0.6) is 5.75 Å². The van der Waals surface area contributed by atoms with Crippen molar-refractivity contribution in [2.45, 2.75) is 18.3 Å². The third-order valence-electron chi connectivity index (χ3n) is 2.19. The smallest absolute Gasteiger partial charge is 0.118 e. The van der Waals surface area contributed by atoms with Gasteiger partial charge in [0.25, 0.3) is 0 Å². The van der Waals surface area contributed by atoms with E-state index in [2.05, 4.69) is 0 Å². The average molecular weight is 254 g/mol. The van der Waals surface area contributed by atoms with Crippen molar-refractivity contribution < 1.29 is 9.84 Å². The first-order chi connectivity index (χ1) is 8.11.